The zero-order valence-corrected chi connectivity index (χ0v) is 13.3. The van der Waals surface area contributed by atoms with E-state index < -0.39 is 10.0 Å². The molecule has 0 heterocycles. The van der Waals surface area contributed by atoms with E-state index in [-0.39, 0.29) is 0 Å². The third kappa shape index (κ3) is 3.69. The van der Waals surface area contributed by atoms with E-state index in [1.165, 1.54) is 4.31 Å². The van der Waals surface area contributed by atoms with Crippen molar-refractivity contribution < 1.29 is 13.2 Å². The van der Waals surface area contributed by atoms with Crippen LogP contribution >= 0.6 is 11.6 Å². The number of benzene rings is 1. The highest BCUT2D eigenvalue weighted by molar-refractivity contribution is 7.89. The first-order chi connectivity index (χ1) is 8.84. The van der Waals surface area contributed by atoms with E-state index in [4.69, 9.17) is 16.3 Å². The molecule has 19 heavy (non-hydrogen) atoms. The van der Waals surface area contributed by atoms with Crippen LogP contribution < -0.4 is 0 Å². The van der Waals surface area contributed by atoms with Crippen molar-refractivity contribution in [3.05, 3.63) is 28.8 Å². The van der Waals surface area contributed by atoms with Crippen LogP contribution in [0.2, 0.25) is 0 Å². The molecular weight excluding hydrogens is 286 g/mol. The zero-order chi connectivity index (χ0) is 14.6. The van der Waals surface area contributed by atoms with Gasteiger partial charge in [-0.1, -0.05) is 6.07 Å². The second kappa shape index (κ2) is 6.70. The van der Waals surface area contributed by atoms with E-state index >= 15 is 0 Å². The molecule has 4 nitrogen and oxygen atoms in total. The number of hydrogen-bond donors (Lipinski definition) is 0. The summed E-state index contributed by atoms with van der Waals surface area (Å²) in [5.41, 5.74) is 2.58. The average molecular weight is 306 g/mol. The molecule has 0 unspecified atom stereocenters. The van der Waals surface area contributed by atoms with Crippen LogP contribution in [0.3, 0.4) is 0 Å². The normalized spacial score (nSPS) is 12.1. The Morgan fingerprint density at radius 3 is 2.42 bits per heavy atom. The highest BCUT2D eigenvalue weighted by Crippen LogP contribution is 2.24. The lowest BCUT2D eigenvalue weighted by Gasteiger charge is -2.19. The summed E-state index contributed by atoms with van der Waals surface area (Å²) in [5.74, 6) is 0.302. The van der Waals surface area contributed by atoms with E-state index in [0.717, 1.165) is 16.7 Å². The van der Waals surface area contributed by atoms with Gasteiger partial charge >= 0.3 is 0 Å². The molecule has 0 aliphatic rings. The maximum atomic E-state index is 12.5. The predicted octanol–water partition coefficient (Wildman–Crippen LogP) is 2.31. The van der Waals surface area contributed by atoms with Gasteiger partial charge in [0.1, 0.15) is 0 Å². The highest BCUT2D eigenvalue weighted by atomic mass is 35.5. The van der Waals surface area contributed by atoms with Gasteiger partial charge in [0.2, 0.25) is 10.0 Å². The standard InChI is InChI=1S/C13H20ClNO3S/c1-10-7-11(2)13(8-12(10)9-14)19(16,17)15(3)5-6-18-4/h7-8H,5-6,9H2,1-4H3. The SMILES string of the molecule is COCCN(C)S(=O)(=O)c1cc(CCl)c(C)cc1C. The van der Waals surface area contributed by atoms with E-state index in [2.05, 4.69) is 0 Å². The monoisotopic (exact) mass is 305 g/mol. The van der Waals surface area contributed by atoms with Crippen LogP contribution in [0.25, 0.3) is 0 Å². The number of ether oxygens (including phenoxy) is 1. The molecular formula is C13H20ClNO3S. The van der Waals surface area contributed by atoms with E-state index in [1.54, 1.807) is 27.1 Å². The van der Waals surface area contributed by atoms with Crippen molar-refractivity contribution >= 4 is 21.6 Å². The molecule has 0 N–H and O–H groups in total. The molecule has 0 radical (unpaired) electrons. The van der Waals surface area contributed by atoms with Crippen LogP contribution in [0.5, 0.6) is 0 Å². The summed E-state index contributed by atoms with van der Waals surface area (Å²) in [4.78, 5) is 0.312. The summed E-state index contributed by atoms with van der Waals surface area (Å²) >= 11 is 5.84. The fourth-order valence-corrected chi connectivity index (χ4v) is 3.50. The number of likely N-dealkylation sites (N-methyl/N-ethyl adjacent to an activating group) is 1. The maximum Gasteiger partial charge on any atom is 0.243 e. The molecule has 0 atom stereocenters. The average Bonchev–Trinajstić information content (AvgIpc) is 2.35. The largest absolute Gasteiger partial charge is 0.383 e. The molecule has 0 aliphatic carbocycles. The number of hydrogen-bond acceptors (Lipinski definition) is 3. The number of nitrogens with zero attached hydrogens (tertiary/aromatic N) is 1. The van der Waals surface area contributed by atoms with Gasteiger partial charge in [-0.15, -0.1) is 11.6 Å². The van der Waals surface area contributed by atoms with Gasteiger partial charge < -0.3 is 4.74 Å². The molecule has 0 aromatic heterocycles. The van der Waals surface area contributed by atoms with Crippen molar-refractivity contribution in [2.75, 3.05) is 27.3 Å². The molecule has 0 fully saturated rings. The summed E-state index contributed by atoms with van der Waals surface area (Å²) in [6.45, 7) is 4.41. The van der Waals surface area contributed by atoms with E-state index in [0.29, 0.717) is 23.9 Å². The number of sulfonamides is 1. The predicted molar refractivity (Wildman–Crippen MR) is 77.2 cm³/mol. The smallest absolute Gasteiger partial charge is 0.243 e. The maximum absolute atomic E-state index is 12.5. The van der Waals surface area contributed by atoms with Crippen LogP contribution in [0, 0.1) is 13.8 Å². The minimum atomic E-state index is -3.50. The molecule has 0 saturated heterocycles. The van der Waals surface area contributed by atoms with Gasteiger partial charge in [0.05, 0.1) is 11.5 Å². The first-order valence-electron chi connectivity index (χ1n) is 5.96. The molecule has 1 aromatic carbocycles. The van der Waals surface area contributed by atoms with Crippen LogP contribution in [0.1, 0.15) is 16.7 Å². The number of methoxy groups -OCH3 is 1. The second-order valence-electron chi connectivity index (χ2n) is 4.50. The van der Waals surface area contributed by atoms with Crippen molar-refractivity contribution in [2.24, 2.45) is 0 Å². The Morgan fingerprint density at radius 1 is 1.26 bits per heavy atom. The van der Waals surface area contributed by atoms with Crippen molar-refractivity contribution in [1.29, 1.82) is 0 Å². The third-order valence-corrected chi connectivity index (χ3v) is 5.36. The third-order valence-electron chi connectivity index (χ3n) is 3.08. The van der Waals surface area contributed by atoms with Crippen molar-refractivity contribution in [2.45, 2.75) is 24.6 Å². The van der Waals surface area contributed by atoms with Gasteiger partial charge in [-0.25, -0.2) is 8.42 Å². The van der Waals surface area contributed by atoms with Gasteiger partial charge in [0, 0.05) is 26.6 Å². The van der Waals surface area contributed by atoms with Crippen molar-refractivity contribution in [3.63, 3.8) is 0 Å². The molecule has 0 saturated carbocycles. The van der Waals surface area contributed by atoms with Crippen LogP contribution in [-0.2, 0) is 20.6 Å². The van der Waals surface area contributed by atoms with Gasteiger partial charge in [-0.2, -0.15) is 4.31 Å². The minimum absolute atomic E-state index is 0.302. The number of rotatable bonds is 6. The molecule has 0 bridgehead atoms. The van der Waals surface area contributed by atoms with E-state index in [9.17, 15) is 8.42 Å². The summed E-state index contributed by atoms with van der Waals surface area (Å²) in [5, 5.41) is 0. The first-order valence-corrected chi connectivity index (χ1v) is 7.93. The van der Waals surface area contributed by atoms with Gasteiger partial charge in [-0.05, 0) is 36.6 Å². The Balaban J connectivity index is 3.21. The fourth-order valence-electron chi connectivity index (χ4n) is 1.80. The molecule has 0 aliphatic heterocycles. The summed E-state index contributed by atoms with van der Waals surface area (Å²) < 4.78 is 31.1. The van der Waals surface area contributed by atoms with Gasteiger partial charge in [-0.3, -0.25) is 0 Å². The lowest BCUT2D eigenvalue weighted by molar-refractivity contribution is 0.185. The van der Waals surface area contributed by atoms with E-state index in [1.807, 2.05) is 13.0 Å². The Hall–Kier alpha value is -0.620. The Kier molecular flexibility index (Phi) is 5.80. The zero-order valence-electron chi connectivity index (χ0n) is 11.7. The number of alkyl halides is 1. The Labute approximate surface area is 120 Å². The summed E-state index contributed by atoms with van der Waals surface area (Å²) in [6.07, 6.45) is 0. The fraction of sp³-hybridized carbons (Fsp3) is 0.538. The summed E-state index contributed by atoms with van der Waals surface area (Å²) in [6, 6.07) is 3.52. The second-order valence-corrected chi connectivity index (χ2v) is 6.78. The number of halogens is 1. The van der Waals surface area contributed by atoms with Gasteiger partial charge in [0.25, 0.3) is 0 Å². The lowest BCUT2D eigenvalue weighted by Crippen LogP contribution is -2.30. The number of aryl methyl sites for hydroxylation is 2. The highest BCUT2D eigenvalue weighted by Gasteiger charge is 2.23. The van der Waals surface area contributed by atoms with Crippen LogP contribution in [0.15, 0.2) is 17.0 Å². The van der Waals surface area contributed by atoms with Crippen LogP contribution in [-0.4, -0.2) is 40.0 Å². The summed E-state index contributed by atoms with van der Waals surface area (Å²) in [7, 11) is -0.402. The molecule has 0 amide bonds. The first kappa shape index (κ1) is 16.4. The molecule has 6 heteroatoms. The van der Waals surface area contributed by atoms with Gasteiger partial charge in [0.15, 0.2) is 0 Å². The van der Waals surface area contributed by atoms with Crippen LogP contribution in [0.4, 0.5) is 0 Å². The minimum Gasteiger partial charge on any atom is -0.383 e. The van der Waals surface area contributed by atoms with Crippen molar-refractivity contribution in [3.8, 4) is 0 Å². The Morgan fingerprint density at radius 2 is 1.89 bits per heavy atom. The molecule has 1 aromatic rings. The van der Waals surface area contributed by atoms with Crippen molar-refractivity contribution in [1.82, 2.24) is 4.31 Å². The molecule has 108 valence electrons. The topological polar surface area (TPSA) is 46.6 Å². The Bertz CT molecular complexity index is 543. The quantitative estimate of drug-likeness (QED) is 0.758. The molecule has 1 rings (SSSR count). The molecule has 0 spiro atoms. The lowest BCUT2D eigenvalue weighted by atomic mass is 10.1.